The molecule has 7 rings (SSSR count). The topological polar surface area (TPSA) is 313 Å². The standard InChI is InChI=1S/C33H28N12O9S5/c1-17-13-19(3-7-23(17)42-44-32-37-25-15-21(58(49,50)51)5-9-27(25)55-32)35-30-39-29(34-11-12-57(46,47)48)40-31(41-30)36-20-4-8-24(18(2)14-20)43-45-33-38-26-16-22(59(52,53)54)6-10-28(26)56-33/h3-10,13-16H,11-12H2,1-2H3,(H,46,47,48)(H,49,50,51)(H,52,53,54)(H3,34,35,36,39,40,41)/b44-42+,45-43+. The predicted molar refractivity (Wildman–Crippen MR) is 221 cm³/mol. The van der Waals surface area contributed by atoms with Crippen molar-refractivity contribution < 1.29 is 38.9 Å². The van der Waals surface area contributed by atoms with Gasteiger partial charge in [-0.3, -0.25) is 13.7 Å². The number of nitrogens with one attached hydrogen (secondary N) is 3. The summed E-state index contributed by atoms with van der Waals surface area (Å²) in [6.07, 6.45) is 0. The van der Waals surface area contributed by atoms with Gasteiger partial charge in [-0.2, -0.15) is 40.2 Å². The van der Waals surface area contributed by atoms with Gasteiger partial charge in [0.25, 0.3) is 30.4 Å². The zero-order valence-electron chi connectivity index (χ0n) is 30.2. The molecule has 0 aliphatic carbocycles. The summed E-state index contributed by atoms with van der Waals surface area (Å²) in [5, 5.41) is 26.4. The molecule has 6 N–H and O–H groups in total. The van der Waals surface area contributed by atoms with Gasteiger partial charge < -0.3 is 16.0 Å². The van der Waals surface area contributed by atoms with Crippen molar-refractivity contribution in [1.29, 1.82) is 0 Å². The Balaban J connectivity index is 1.07. The van der Waals surface area contributed by atoms with Gasteiger partial charge in [0, 0.05) is 17.9 Å². The van der Waals surface area contributed by atoms with Crippen molar-refractivity contribution >= 4 is 124 Å². The van der Waals surface area contributed by atoms with E-state index in [2.05, 4.69) is 61.3 Å². The Hall–Kier alpha value is -6.00. The lowest BCUT2D eigenvalue weighted by Crippen LogP contribution is -2.17. The van der Waals surface area contributed by atoms with E-state index in [1.54, 1.807) is 50.2 Å². The lowest BCUT2D eigenvalue weighted by molar-refractivity contribution is 0.481. The molecule has 21 nitrogen and oxygen atoms in total. The van der Waals surface area contributed by atoms with Crippen LogP contribution in [0.5, 0.6) is 0 Å². The zero-order chi connectivity index (χ0) is 42.1. The van der Waals surface area contributed by atoms with Crippen molar-refractivity contribution in [2.75, 3.05) is 28.2 Å². The van der Waals surface area contributed by atoms with Crippen molar-refractivity contribution in [3.05, 3.63) is 83.9 Å². The number of nitrogens with zero attached hydrogens (tertiary/aromatic N) is 9. The number of aryl methyl sites for hydroxylation is 2. The van der Waals surface area contributed by atoms with Crippen LogP contribution in [-0.4, -0.2) is 76.1 Å². The Morgan fingerprint density at radius 2 is 1.00 bits per heavy atom. The molecule has 0 atom stereocenters. The number of rotatable bonds is 14. The number of hydrogen-bond acceptors (Lipinski definition) is 20. The Labute approximate surface area is 342 Å². The molecule has 0 bridgehead atoms. The second-order valence-corrected chi connectivity index (χ2v) is 18.8. The van der Waals surface area contributed by atoms with Crippen LogP contribution >= 0.6 is 22.7 Å². The molecule has 3 aromatic heterocycles. The van der Waals surface area contributed by atoms with Gasteiger partial charge in [0.15, 0.2) is 0 Å². The van der Waals surface area contributed by atoms with Gasteiger partial charge in [-0.25, -0.2) is 9.97 Å². The average Bonchev–Trinajstić information content (AvgIpc) is 3.76. The second-order valence-electron chi connectivity index (χ2n) is 12.4. The molecule has 0 saturated heterocycles. The number of hydrogen-bond donors (Lipinski definition) is 6. The van der Waals surface area contributed by atoms with Crippen LogP contribution in [0.3, 0.4) is 0 Å². The highest BCUT2D eigenvalue weighted by Crippen LogP contribution is 2.34. The first kappa shape index (κ1) is 41.2. The summed E-state index contributed by atoms with van der Waals surface area (Å²) in [5.74, 6) is -0.450. The molecule has 0 unspecified atom stereocenters. The van der Waals surface area contributed by atoms with E-state index in [0.29, 0.717) is 54.3 Å². The van der Waals surface area contributed by atoms with Gasteiger partial charge in [0.1, 0.15) is 0 Å². The first-order chi connectivity index (χ1) is 27.8. The highest BCUT2D eigenvalue weighted by Gasteiger charge is 2.15. The zero-order valence-corrected chi connectivity index (χ0v) is 34.3. The fourth-order valence-corrected chi connectivity index (χ4v) is 8.09. The smallest absolute Gasteiger partial charge is 0.294 e. The quantitative estimate of drug-likeness (QED) is 0.0447. The van der Waals surface area contributed by atoms with Gasteiger partial charge in [0.2, 0.25) is 28.1 Å². The van der Waals surface area contributed by atoms with Gasteiger partial charge >= 0.3 is 0 Å². The highest BCUT2D eigenvalue weighted by molar-refractivity contribution is 7.86. The Morgan fingerprint density at radius 1 is 0.559 bits per heavy atom. The molecular formula is C33H28N12O9S5. The van der Waals surface area contributed by atoms with Crippen LogP contribution in [0.1, 0.15) is 11.1 Å². The van der Waals surface area contributed by atoms with Gasteiger partial charge in [-0.1, -0.05) is 22.7 Å². The van der Waals surface area contributed by atoms with E-state index in [1.165, 1.54) is 59.1 Å². The van der Waals surface area contributed by atoms with Crippen LogP contribution in [0.4, 0.5) is 50.9 Å². The molecule has 304 valence electrons. The molecule has 0 radical (unpaired) electrons. The van der Waals surface area contributed by atoms with Crippen LogP contribution in [0, 0.1) is 13.8 Å². The number of aromatic nitrogens is 5. The number of azo groups is 2. The van der Waals surface area contributed by atoms with E-state index < -0.39 is 36.1 Å². The van der Waals surface area contributed by atoms with E-state index in [4.69, 9.17) is 0 Å². The van der Waals surface area contributed by atoms with Crippen molar-refractivity contribution in [2.45, 2.75) is 23.6 Å². The molecule has 4 aromatic carbocycles. The van der Waals surface area contributed by atoms with E-state index in [9.17, 15) is 38.9 Å². The monoisotopic (exact) mass is 896 g/mol. The highest BCUT2D eigenvalue weighted by atomic mass is 32.2. The average molecular weight is 897 g/mol. The summed E-state index contributed by atoms with van der Waals surface area (Å²) in [4.78, 5) is 21.2. The summed E-state index contributed by atoms with van der Waals surface area (Å²) >= 11 is 2.38. The Bertz CT molecular complexity index is 2980. The van der Waals surface area contributed by atoms with Crippen LogP contribution in [-0.2, 0) is 30.4 Å². The maximum Gasteiger partial charge on any atom is 0.294 e. The normalized spacial score (nSPS) is 12.6. The maximum atomic E-state index is 11.5. The molecule has 0 amide bonds. The second kappa shape index (κ2) is 16.3. The van der Waals surface area contributed by atoms with Crippen molar-refractivity contribution in [2.24, 2.45) is 20.5 Å². The van der Waals surface area contributed by atoms with Crippen LogP contribution in [0.25, 0.3) is 20.4 Å². The molecule has 3 heterocycles. The SMILES string of the molecule is Cc1cc(Nc2nc(NCCS(=O)(=O)O)nc(Nc3ccc(/N=N/c4nc5cc(S(=O)(=O)O)ccc5s4)c(C)c3)n2)ccc1/N=N/c1nc2cc(S(=O)(=O)O)ccc2s1. The minimum Gasteiger partial charge on any atom is -0.353 e. The van der Waals surface area contributed by atoms with Gasteiger partial charge in [-0.05, 0) is 97.8 Å². The Morgan fingerprint density at radius 3 is 1.41 bits per heavy atom. The third-order valence-corrected chi connectivity index (χ3v) is 12.2. The number of anilines is 5. The summed E-state index contributed by atoms with van der Waals surface area (Å²) in [6.45, 7) is 3.39. The predicted octanol–water partition coefficient (Wildman–Crippen LogP) is 7.82. The van der Waals surface area contributed by atoms with Crippen LogP contribution < -0.4 is 16.0 Å². The van der Waals surface area contributed by atoms with Gasteiger partial charge in [-0.15, -0.1) is 20.5 Å². The lowest BCUT2D eigenvalue weighted by Gasteiger charge is -2.12. The summed E-state index contributed by atoms with van der Waals surface area (Å²) < 4.78 is 97.8. The third kappa shape index (κ3) is 10.6. The maximum absolute atomic E-state index is 11.5. The first-order valence-electron chi connectivity index (χ1n) is 16.6. The summed E-state index contributed by atoms with van der Waals surface area (Å²) in [7, 11) is -13.0. The molecule has 0 spiro atoms. The lowest BCUT2D eigenvalue weighted by atomic mass is 10.2. The number of fused-ring (bicyclic) bond motifs is 2. The summed E-state index contributed by atoms with van der Waals surface area (Å²) in [6, 6.07) is 18.4. The first-order valence-corrected chi connectivity index (χ1v) is 22.8. The van der Waals surface area contributed by atoms with Crippen LogP contribution in [0.15, 0.2) is 103 Å². The summed E-state index contributed by atoms with van der Waals surface area (Å²) in [5.41, 5.74) is 4.21. The van der Waals surface area contributed by atoms with Crippen LogP contribution in [0.2, 0.25) is 0 Å². The fraction of sp³-hybridized carbons (Fsp3) is 0.121. The van der Waals surface area contributed by atoms with E-state index in [-0.39, 0.29) is 44.4 Å². The van der Waals surface area contributed by atoms with E-state index in [1.807, 2.05) is 0 Å². The molecule has 26 heteroatoms. The number of benzene rings is 4. The van der Waals surface area contributed by atoms with Gasteiger partial charge in [0.05, 0.1) is 47.4 Å². The van der Waals surface area contributed by atoms with E-state index >= 15 is 0 Å². The molecule has 7 aromatic rings. The largest absolute Gasteiger partial charge is 0.353 e. The van der Waals surface area contributed by atoms with Crippen molar-refractivity contribution in [3.63, 3.8) is 0 Å². The molecular weight excluding hydrogens is 869 g/mol. The number of thiazole rings is 2. The minimum absolute atomic E-state index is 0.00276. The minimum atomic E-state index is -4.39. The third-order valence-electron chi connectivity index (χ3n) is 7.96. The molecule has 0 aliphatic rings. The van der Waals surface area contributed by atoms with E-state index in [0.717, 1.165) is 0 Å². The van der Waals surface area contributed by atoms with Crippen molar-refractivity contribution in [1.82, 2.24) is 24.9 Å². The molecule has 0 saturated carbocycles. The Kier molecular flexibility index (Phi) is 11.4. The molecule has 0 aliphatic heterocycles. The molecule has 59 heavy (non-hydrogen) atoms. The molecule has 0 fully saturated rings. The van der Waals surface area contributed by atoms with Crippen molar-refractivity contribution in [3.8, 4) is 0 Å². The fourth-order valence-electron chi connectivity index (χ4n) is 5.20.